The minimum absolute atomic E-state index is 0.00271. The average molecular weight is 423 g/mol. The van der Waals surface area contributed by atoms with Crippen LogP contribution in [0.4, 0.5) is 18.9 Å². The van der Waals surface area contributed by atoms with Crippen molar-refractivity contribution in [2.75, 3.05) is 12.0 Å². The molecule has 0 atom stereocenters. The summed E-state index contributed by atoms with van der Waals surface area (Å²) >= 11 is 6.04. The fourth-order valence-corrected chi connectivity index (χ4v) is 3.89. The standard InChI is InChI=1S/C19H12F3NO3S2/c1-26-17(25)12-6-4-5-11(9-12)10-15-16(24)23(18(27)28-15)14-8-3-2-7-13(14)19(20,21)22/h2-10H,1H3/b15-10-. The molecule has 144 valence electrons. The number of halogens is 3. The van der Waals surface area contributed by atoms with Crippen LogP contribution in [-0.4, -0.2) is 23.3 Å². The van der Waals surface area contributed by atoms with Gasteiger partial charge in [-0.25, -0.2) is 4.79 Å². The van der Waals surface area contributed by atoms with E-state index < -0.39 is 23.6 Å². The molecule has 0 N–H and O–H groups in total. The van der Waals surface area contributed by atoms with Crippen molar-refractivity contribution in [3.05, 3.63) is 70.1 Å². The number of rotatable bonds is 3. The number of nitrogens with zero attached hydrogens (tertiary/aromatic N) is 1. The van der Waals surface area contributed by atoms with E-state index in [0.29, 0.717) is 5.56 Å². The van der Waals surface area contributed by atoms with Gasteiger partial charge >= 0.3 is 12.1 Å². The van der Waals surface area contributed by atoms with Crippen molar-refractivity contribution >= 4 is 51.9 Å². The van der Waals surface area contributed by atoms with Crippen LogP contribution >= 0.6 is 24.0 Å². The quantitative estimate of drug-likeness (QED) is 0.399. The highest BCUT2D eigenvalue weighted by Gasteiger charge is 2.40. The maximum atomic E-state index is 13.3. The first-order valence-corrected chi connectivity index (χ1v) is 9.07. The highest BCUT2D eigenvalue weighted by atomic mass is 32.2. The van der Waals surface area contributed by atoms with Crippen molar-refractivity contribution in [3.8, 4) is 0 Å². The normalized spacial score (nSPS) is 16.0. The van der Waals surface area contributed by atoms with Gasteiger partial charge in [0.05, 0.1) is 28.8 Å². The average Bonchev–Trinajstić information content (AvgIpc) is 2.93. The Balaban J connectivity index is 1.98. The largest absolute Gasteiger partial charge is 0.465 e. The Kier molecular flexibility index (Phi) is 5.57. The predicted octanol–water partition coefficient (Wildman–Crippen LogP) is 4.90. The van der Waals surface area contributed by atoms with Crippen LogP contribution in [0, 0.1) is 0 Å². The van der Waals surface area contributed by atoms with E-state index in [1.54, 1.807) is 18.2 Å². The van der Waals surface area contributed by atoms with Crippen LogP contribution in [0.2, 0.25) is 0 Å². The lowest BCUT2D eigenvalue weighted by Gasteiger charge is -2.20. The van der Waals surface area contributed by atoms with Crippen LogP contribution in [0.15, 0.2) is 53.4 Å². The van der Waals surface area contributed by atoms with Crippen LogP contribution in [0.25, 0.3) is 6.08 Å². The fourth-order valence-electron chi connectivity index (χ4n) is 2.61. The maximum Gasteiger partial charge on any atom is 0.418 e. The van der Waals surface area contributed by atoms with Crippen molar-refractivity contribution in [1.29, 1.82) is 0 Å². The molecule has 4 nitrogen and oxygen atoms in total. The third-order valence-corrected chi connectivity index (χ3v) is 5.15. The van der Waals surface area contributed by atoms with E-state index in [0.717, 1.165) is 22.7 Å². The Morgan fingerprint density at radius 3 is 2.57 bits per heavy atom. The number of hydrogen-bond acceptors (Lipinski definition) is 5. The van der Waals surface area contributed by atoms with Gasteiger partial charge in [-0.05, 0) is 35.9 Å². The Hall–Kier alpha value is -2.65. The Labute approximate surface area is 168 Å². The lowest BCUT2D eigenvalue weighted by Crippen LogP contribution is -2.29. The first-order chi connectivity index (χ1) is 13.2. The number of alkyl halides is 3. The van der Waals surface area contributed by atoms with Gasteiger partial charge in [-0.1, -0.05) is 48.2 Å². The van der Waals surface area contributed by atoms with E-state index in [2.05, 4.69) is 4.74 Å². The van der Waals surface area contributed by atoms with Crippen molar-refractivity contribution < 1.29 is 27.5 Å². The second kappa shape index (κ2) is 7.76. The third kappa shape index (κ3) is 3.95. The molecular formula is C19H12F3NO3S2. The first-order valence-electron chi connectivity index (χ1n) is 7.85. The zero-order valence-corrected chi connectivity index (χ0v) is 16.0. The summed E-state index contributed by atoms with van der Waals surface area (Å²) in [5.74, 6) is -1.20. The minimum atomic E-state index is -4.63. The molecular weight excluding hydrogens is 411 g/mol. The second-order valence-corrected chi connectivity index (χ2v) is 7.32. The molecule has 1 heterocycles. The highest BCUT2D eigenvalue weighted by Crippen LogP contribution is 2.42. The number of esters is 1. The second-order valence-electron chi connectivity index (χ2n) is 5.65. The van der Waals surface area contributed by atoms with Gasteiger partial charge in [0.25, 0.3) is 5.91 Å². The number of carbonyl (C=O) groups excluding carboxylic acids is 2. The van der Waals surface area contributed by atoms with E-state index in [1.165, 1.54) is 37.5 Å². The smallest absolute Gasteiger partial charge is 0.418 e. The number of anilines is 1. The number of amides is 1. The molecule has 1 fully saturated rings. The summed E-state index contributed by atoms with van der Waals surface area (Å²) in [5.41, 5.74) is -0.453. The van der Waals surface area contributed by atoms with Crippen LogP contribution in [0.3, 0.4) is 0 Å². The molecule has 0 radical (unpaired) electrons. The molecule has 0 spiro atoms. The summed E-state index contributed by atoms with van der Waals surface area (Å²) in [6.07, 6.45) is -3.15. The van der Waals surface area contributed by atoms with Crippen molar-refractivity contribution in [1.82, 2.24) is 0 Å². The summed E-state index contributed by atoms with van der Waals surface area (Å²) in [6.45, 7) is 0. The molecule has 28 heavy (non-hydrogen) atoms. The summed E-state index contributed by atoms with van der Waals surface area (Å²) in [7, 11) is 1.25. The van der Waals surface area contributed by atoms with Gasteiger partial charge < -0.3 is 4.74 Å². The predicted molar refractivity (Wildman–Crippen MR) is 105 cm³/mol. The van der Waals surface area contributed by atoms with Gasteiger partial charge in [0.1, 0.15) is 0 Å². The molecule has 1 aliphatic rings. The number of ether oxygens (including phenoxy) is 1. The van der Waals surface area contributed by atoms with Crippen molar-refractivity contribution in [3.63, 3.8) is 0 Å². The fraction of sp³-hybridized carbons (Fsp3) is 0.105. The lowest BCUT2D eigenvalue weighted by molar-refractivity contribution is -0.137. The summed E-state index contributed by atoms with van der Waals surface area (Å²) in [5, 5.41) is 0. The molecule has 1 amide bonds. The molecule has 2 aromatic carbocycles. The summed E-state index contributed by atoms with van der Waals surface area (Å²) < 4.78 is 44.6. The maximum absolute atomic E-state index is 13.3. The van der Waals surface area contributed by atoms with Gasteiger partial charge in [0.2, 0.25) is 0 Å². The number of hydrogen-bond donors (Lipinski definition) is 0. The van der Waals surface area contributed by atoms with Gasteiger partial charge in [-0.2, -0.15) is 13.2 Å². The molecule has 0 bridgehead atoms. The highest BCUT2D eigenvalue weighted by molar-refractivity contribution is 8.27. The SMILES string of the molecule is COC(=O)c1cccc(/C=C2\SC(=S)N(c3ccccc3C(F)(F)F)C2=O)c1. The van der Waals surface area contributed by atoms with Gasteiger partial charge in [-0.15, -0.1) is 0 Å². The number of para-hydroxylation sites is 1. The number of methoxy groups -OCH3 is 1. The number of benzene rings is 2. The van der Waals surface area contributed by atoms with E-state index in [4.69, 9.17) is 12.2 Å². The van der Waals surface area contributed by atoms with Gasteiger partial charge in [0, 0.05) is 0 Å². The van der Waals surface area contributed by atoms with E-state index in [-0.39, 0.29) is 20.5 Å². The van der Waals surface area contributed by atoms with Gasteiger partial charge in [0.15, 0.2) is 4.32 Å². The lowest BCUT2D eigenvalue weighted by atomic mass is 10.1. The van der Waals surface area contributed by atoms with Crippen LogP contribution in [-0.2, 0) is 15.7 Å². The summed E-state index contributed by atoms with van der Waals surface area (Å²) in [4.78, 5) is 25.4. The van der Waals surface area contributed by atoms with Crippen LogP contribution < -0.4 is 4.90 Å². The number of thioether (sulfide) groups is 1. The van der Waals surface area contributed by atoms with Crippen molar-refractivity contribution in [2.24, 2.45) is 0 Å². The topological polar surface area (TPSA) is 46.6 Å². The molecule has 2 aromatic rings. The molecule has 0 aromatic heterocycles. The molecule has 0 aliphatic carbocycles. The zero-order valence-electron chi connectivity index (χ0n) is 14.3. The van der Waals surface area contributed by atoms with E-state index in [1.807, 2.05) is 0 Å². The first kappa shape index (κ1) is 20.1. The molecule has 0 saturated carbocycles. The molecule has 9 heteroatoms. The molecule has 1 aliphatic heterocycles. The Morgan fingerprint density at radius 1 is 1.18 bits per heavy atom. The Morgan fingerprint density at radius 2 is 1.89 bits per heavy atom. The van der Waals surface area contributed by atoms with E-state index in [9.17, 15) is 22.8 Å². The third-order valence-electron chi connectivity index (χ3n) is 3.85. The van der Waals surface area contributed by atoms with Crippen molar-refractivity contribution in [2.45, 2.75) is 6.18 Å². The number of carbonyl (C=O) groups is 2. The number of thiocarbonyl (C=S) groups is 1. The van der Waals surface area contributed by atoms with Crippen LogP contribution in [0.5, 0.6) is 0 Å². The Bertz CT molecular complexity index is 1000. The summed E-state index contributed by atoms with van der Waals surface area (Å²) in [6, 6.07) is 11.1. The van der Waals surface area contributed by atoms with Gasteiger partial charge in [-0.3, -0.25) is 9.69 Å². The minimum Gasteiger partial charge on any atom is -0.465 e. The zero-order chi connectivity index (χ0) is 20.5. The monoisotopic (exact) mass is 423 g/mol. The van der Waals surface area contributed by atoms with E-state index >= 15 is 0 Å². The van der Waals surface area contributed by atoms with Crippen LogP contribution in [0.1, 0.15) is 21.5 Å². The molecule has 1 saturated heterocycles. The molecule has 0 unspecified atom stereocenters. The molecule has 3 rings (SSSR count).